The predicted molar refractivity (Wildman–Crippen MR) is 605 cm³/mol. The van der Waals surface area contributed by atoms with Crippen molar-refractivity contribution in [2.24, 2.45) is 0 Å². The van der Waals surface area contributed by atoms with Crippen LogP contribution in [-0.4, -0.2) is 69.8 Å². The van der Waals surface area contributed by atoms with Gasteiger partial charge in [-0.3, -0.25) is 0 Å². The van der Waals surface area contributed by atoms with Crippen LogP contribution < -0.4 is 0 Å². The summed E-state index contributed by atoms with van der Waals surface area (Å²) < 4.78 is 0. The van der Waals surface area contributed by atoms with Crippen LogP contribution in [0.3, 0.4) is 0 Å². The highest BCUT2D eigenvalue weighted by Crippen LogP contribution is 2.40. The maximum atomic E-state index is 5.19. The minimum Gasteiger partial charge on any atom is -0.248 e. The van der Waals surface area contributed by atoms with Crippen LogP contribution >= 0.6 is 0 Å². The second-order valence-corrected chi connectivity index (χ2v) is 36.7. The summed E-state index contributed by atoms with van der Waals surface area (Å²) in [6.07, 6.45) is 3.28. The molecule has 0 saturated heterocycles. The normalized spacial score (nSPS) is 11.4. The van der Waals surface area contributed by atoms with Crippen molar-refractivity contribution in [2.45, 2.75) is 0 Å². The molecule has 0 saturated carbocycles. The number of hydrogen-bond acceptors (Lipinski definition) is 14. The summed E-state index contributed by atoms with van der Waals surface area (Å²) in [5.74, 6) is 1.35. The second-order valence-electron chi connectivity index (χ2n) is 36.7. The van der Waals surface area contributed by atoms with E-state index in [1.807, 2.05) is 158 Å². The summed E-state index contributed by atoms with van der Waals surface area (Å²) >= 11 is 0. The molecular formula is C134H84N14. The molecule has 0 amide bonds. The molecule has 0 bridgehead atoms. The number of pyridine rings is 8. The van der Waals surface area contributed by atoms with E-state index in [0.29, 0.717) is 11.6 Å². The number of rotatable bonds is 15. The summed E-state index contributed by atoms with van der Waals surface area (Å²) in [5.41, 5.74) is 34.6. The van der Waals surface area contributed by atoms with Crippen molar-refractivity contribution >= 4 is 109 Å². The van der Waals surface area contributed by atoms with E-state index in [0.717, 1.165) is 239 Å². The van der Waals surface area contributed by atoms with Crippen molar-refractivity contribution in [3.05, 3.63) is 510 Å². The third-order valence-electron chi connectivity index (χ3n) is 27.3. The monoisotopic (exact) mass is 1890 g/mol. The number of benzene rings is 17. The first-order valence-corrected chi connectivity index (χ1v) is 49.3. The van der Waals surface area contributed by atoms with E-state index in [1.54, 1.807) is 12.5 Å². The van der Waals surface area contributed by atoms with E-state index in [4.69, 9.17) is 59.8 Å². The first-order chi connectivity index (χ1) is 73.2. The number of aromatic nitrogens is 14. The Bertz CT molecular complexity index is 9870. The van der Waals surface area contributed by atoms with Crippen molar-refractivity contribution in [3.8, 4) is 169 Å². The first-order valence-electron chi connectivity index (χ1n) is 49.3. The molecule has 0 N–H and O–H groups in total. The van der Waals surface area contributed by atoms with E-state index in [1.165, 1.54) is 27.3 Å². The number of nitrogens with zero attached hydrogens (tertiary/aromatic N) is 14. The van der Waals surface area contributed by atoms with E-state index < -0.39 is 0 Å². The average molecular weight is 1890 g/mol. The van der Waals surface area contributed by atoms with Crippen molar-refractivity contribution < 1.29 is 0 Å². The molecule has 0 unspecified atom stereocenters. The molecule has 0 spiro atoms. The molecule has 0 aliphatic rings. The van der Waals surface area contributed by atoms with Gasteiger partial charge in [0, 0.05) is 99.4 Å². The molecule has 17 aromatic carbocycles. The lowest BCUT2D eigenvalue weighted by Gasteiger charge is -2.10. The molecular weight excluding hydrogens is 1810 g/mol. The van der Waals surface area contributed by atoms with Gasteiger partial charge in [-0.05, 0) is 170 Å². The zero-order valence-corrected chi connectivity index (χ0v) is 79.8. The van der Waals surface area contributed by atoms with Crippen molar-refractivity contribution in [1.29, 1.82) is 0 Å². The van der Waals surface area contributed by atoms with Gasteiger partial charge in [0.05, 0.1) is 118 Å². The molecule has 11 aromatic heterocycles. The van der Waals surface area contributed by atoms with Crippen molar-refractivity contribution in [1.82, 2.24) is 69.8 Å². The molecule has 28 rings (SSSR count). The van der Waals surface area contributed by atoms with Gasteiger partial charge < -0.3 is 0 Å². The van der Waals surface area contributed by atoms with Crippen LogP contribution in [0.4, 0.5) is 0 Å². The highest BCUT2D eigenvalue weighted by atomic mass is 14.9. The van der Waals surface area contributed by atoms with Crippen LogP contribution in [0.15, 0.2) is 510 Å². The standard InChI is InChI=1S/C50H30N6.C44H28N4.C40H26N4/c1-2-4-31(5-3-1)42-21-18-34-8-9-35-19-22-44(56-50(35)49(34)55-42)40-15-13-36-26-37(11-12-38(36)27-40)39-10-6-32-16-20-43(53-47(32)28-39)41-14-7-33-17-23-46(54-48(33)29-41)45-24-25-51-30-52-45;1-3-11-30(12-4-1)42-28-43(48-44(47-42)33-13-5-2-6-14-33)39-25-23-32-19-21-35(27-41(32)46-39)38-24-22-31-18-20-34(26-40(31)45-38)37-17-9-15-29-10-7-8-16-36(29)37;1-4-10-27(11-5-1)32-18-16-29-20-22-34(41-36(29)24-32)33-19-17-30-21-23-35(42-37(30)25-33)39-26-38(28-12-6-2-7-13-28)43-40(44-39)31-14-8-3-9-15-31/h1-30H;1-28H;1-26H. The van der Waals surface area contributed by atoms with Crippen molar-refractivity contribution in [3.63, 3.8) is 0 Å². The minimum absolute atomic E-state index is 0.672. The first kappa shape index (κ1) is 88.0. The number of fused-ring (bicyclic) bond motifs is 11. The number of hydrogen-bond donors (Lipinski definition) is 0. The Hall–Kier alpha value is -20.2. The molecule has 28 aromatic rings. The summed E-state index contributed by atoms with van der Waals surface area (Å²) in [6.45, 7) is 0. The summed E-state index contributed by atoms with van der Waals surface area (Å²) in [5, 5.41) is 13.4. The lowest BCUT2D eigenvalue weighted by atomic mass is 9.97. The maximum Gasteiger partial charge on any atom is 0.160 e. The van der Waals surface area contributed by atoms with Gasteiger partial charge >= 0.3 is 0 Å². The summed E-state index contributed by atoms with van der Waals surface area (Å²) in [4.78, 5) is 69.0. The fourth-order valence-electron chi connectivity index (χ4n) is 19.6. The van der Waals surface area contributed by atoms with Gasteiger partial charge in [-0.15, -0.1) is 0 Å². The molecule has 0 radical (unpaired) electrons. The molecule has 148 heavy (non-hydrogen) atoms. The van der Waals surface area contributed by atoms with Gasteiger partial charge in [0.25, 0.3) is 0 Å². The fourth-order valence-corrected chi connectivity index (χ4v) is 19.6. The topological polar surface area (TPSA) is 180 Å². The Morgan fingerprint density at radius 2 is 0.405 bits per heavy atom. The van der Waals surface area contributed by atoms with Crippen LogP contribution in [0.2, 0.25) is 0 Å². The maximum absolute atomic E-state index is 5.19. The Kier molecular flexibility index (Phi) is 23.0. The van der Waals surface area contributed by atoms with Crippen LogP contribution in [0.5, 0.6) is 0 Å². The average Bonchev–Trinajstić information content (AvgIpc) is 0.763. The predicted octanol–water partition coefficient (Wildman–Crippen LogP) is 33.1. The highest BCUT2D eigenvalue weighted by molar-refractivity contribution is 6.06. The van der Waals surface area contributed by atoms with Gasteiger partial charge in [-0.1, -0.05) is 382 Å². The summed E-state index contributed by atoms with van der Waals surface area (Å²) in [6, 6.07) is 172. The van der Waals surface area contributed by atoms with E-state index >= 15 is 0 Å². The van der Waals surface area contributed by atoms with E-state index in [2.05, 4.69) is 350 Å². The quantitative estimate of drug-likeness (QED) is 0.0884. The van der Waals surface area contributed by atoms with Crippen LogP contribution in [-0.2, 0) is 0 Å². The molecule has 0 aliphatic carbocycles. The third-order valence-corrected chi connectivity index (χ3v) is 27.3. The third kappa shape index (κ3) is 18.0. The zero-order chi connectivity index (χ0) is 98.2. The van der Waals surface area contributed by atoms with Gasteiger partial charge in [0.1, 0.15) is 6.33 Å². The Morgan fingerprint density at radius 3 is 0.831 bits per heavy atom. The SMILES string of the molecule is c1ccc(-c2cc(-c3ccc4ccc(-c5ccc6ccc(-c7cccc8ccccc78)cc6n5)cc4n3)nc(-c3ccccc3)n2)cc1.c1ccc(-c2ccc3ccc(-c4ccc5ccc(-c6cc(-c7ccccc7)nc(-c7ccccc7)n6)nc5c4)nc3c2)cc1.c1ccc(-c2ccc3ccc4ccc(-c5ccc6cc(-c7ccc8ccc(-c9ccc%10ccc(-c%11ccncn%11)nc%10c9)nc8c7)ccc6c5)nc4c3n2)cc1. The lowest BCUT2D eigenvalue weighted by Crippen LogP contribution is -1.97. The molecule has 0 atom stereocenters. The highest BCUT2D eigenvalue weighted by Gasteiger charge is 2.20. The lowest BCUT2D eigenvalue weighted by molar-refractivity contribution is 1.16. The van der Waals surface area contributed by atoms with Gasteiger partial charge in [0.15, 0.2) is 11.6 Å². The Morgan fingerprint density at radius 1 is 0.128 bits per heavy atom. The van der Waals surface area contributed by atoms with Gasteiger partial charge in [0.2, 0.25) is 0 Å². The second kappa shape index (κ2) is 38.7. The minimum atomic E-state index is 0.672. The molecule has 11 heterocycles. The van der Waals surface area contributed by atoms with Gasteiger partial charge in [-0.2, -0.15) is 0 Å². The Labute approximate surface area is 851 Å². The molecule has 690 valence electrons. The fraction of sp³-hybridized carbons (Fsp3) is 0. The van der Waals surface area contributed by atoms with Crippen LogP contribution in [0.25, 0.3) is 278 Å². The zero-order valence-electron chi connectivity index (χ0n) is 79.8. The largest absolute Gasteiger partial charge is 0.248 e. The van der Waals surface area contributed by atoms with E-state index in [9.17, 15) is 0 Å². The van der Waals surface area contributed by atoms with Crippen LogP contribution in [0.1, 0.15) is 0 Å². The molecule has 14 nitrogen and oxygen atoms in total. The van der Waals surface area contributed by atoms with Crippen molar-refractivity contribution in [2.75, 3.05) is 0 Å². The van der Waals surface area contributed by atoms with Gasteiger partial charge in [-0.25, -0.2) is 69.8 Å². The Balaban J connectivity index is 0.000000113. The summed E-state index contributed by atoms with van der Waals surface area (Å²) in [7, 11) is 0. The molecule has 0 fully saturated rings. The molecule has 0 aliphatic heterocycles. The van der Waals surface area contributed by atoms with E-state index in [-0.39, 0.29) is 0 Å². The smallest absolute Gasteiger partial charge is 0.160 e. The van der Waals surface area contributed by atoms with Crippen LogP contribution in [0, 0.1) is 0 Å². The molecule has 14 heteroatoms.